The maximum absolute atomic E-state index is 14.1. The SMILES string of the molecule is Cn1cc([C@H]2CN(C(=O)c3cc(-c4ccc(F)cc4F)on3)Cc3ccccc32)cn1. The molecule has 0 radical (unpaired) electrons. The van der Waals surface area contributed by atoms with Gasteiger partial charge in [-0.05, 0) is 28.8 Å². The van der Waals surface area contributed by atoms with Gasteiger partial charge in [0.15, 0.2) is 11.5 Å². The predicted octanol–water partition coefficient (Wildman–Crippen LogP) is 4.14. The number of amides is 1. The monoisotopic (exact) mass is 420 g/mol. The molecular formula is C23H18F2N4O2. The van der Waals surface area contributed by atoms with Crippen molar-refractivity contribution in [3.05, 3.63) is 94.9 Å². The fourth-order valence-corrected chi connectivity index (χ4v) is 4.02. The smallest absolute Gasteiger partial charge is 0.276 e. The first-order valence-corrected chi connectivity index (χ1v) is 9.77. The molecule has 2 aromatic carbocycles. The van der Waals surface area contributed by atoms with Crippen LogP contribution in [-0.2, 0) is 13.6 Å². The molecule has 0 N–H and O–H groups in total. The molecule has 1 amide bonds. The Morgan fingerprint density at radius 3 is 2.77 bits per heavy atom. The van der Waals surface area contributed by atoms with Crippen molar-refractivity contribution in [1.82, 2.24) is 19.8 Å². The molecule has 1 atom stereocenters. The van der Waals surface area contributed by atoms with E-state index in [4.69, 9.17) is 4.52 Å². The second-order valence-electron chi connectivity index (χ2n) is 7.58. The summed E-state index contributed by atoms with van der Waals surface area (Å²) in [5.74, 6) is -1.74. The zero-order valence-corrected chi connectivity index (χ0v) is 16.6. The Morgan fingerprint density at radius 2 is 2.00 bits per heavy atom. The van der Waals surface area contributed by atoms with Crippen LogP contribution in [0.2, 0.25) is 0 Å². The average molecular weight is 420 g/mol. The van der Waals surface area contributed by atoms with Crippen LogP contribution in [0.4, 0.5) is 8.78 Å². The number of nitrogens with zero attached hydrogens (tertiary/aromatic N) is 4. The lowest BCUT2D eigenvalue weighted by molar-refractivity contribution is 0.0714. The Balaban J connectivity index is 1.45. The normalized spacial score (nSPS) is 15.7. The maximum Gasteiger partial charge on any atom is 0.276 e. The largest absolute Gasteiger partial charge is 0.355 e. The molecule has 0 unspecified atom stereocenters. The van der Waals surface area contributed by atoms with Crippen molar-refractivity contribution in [3.8, 4) is 11.3 Å². The van der Waals surface area contributed by atoms with Crippen molar-refractivity contribution in [1.29, 1.82) is 0 Å². The lowest BCUT2D eigenvalue weighted by Crippen LogP contribution is -2.38. The van der Waals surface area contributed by atoms with E-state index in [1.807, 2.05) is 31.4 Å². The van der Waals surface area contributed by atoms with E-state index >= 15 is 0 Å². The molecule has 6 nitrogen and oxygen atoms in total. The zero-order chi connectivity index (χ0) is 21.5. The molecule has 1 aliphatic heterocycles. The highest BCUT2D eigenvalue weighted by molar-refractivity contribution is 5.93. The Hall–Kier alpha value is -3.81. The van der Waals surface area contributed by atoms with Gasteiger partial charge in [0.25, 0.3) is 5.91 Å². The summed E-state index contributed by atoms with van der Waals surface area (Å²) in [4.78, 5) is 14.9. The molecule has 4 aromatic rings. The number of aromatic nitrogens is 3. The van der Waals surface area contributed by atoms with Gasteiger partial charge in [0.2, 0.25) is 0 Å². The number of carbonyl (C=O) groups is 1. The highest BCUT2D eigenvalue weighted by Crippen LogP contribution is 2.34. The second-order valence-corrected chi connectivity index (χ2v) is 7.58. The van der Waals surface area contributed by atoms with E-state index in [-0.39, 0.29) is 28.8 Å². The maximum atomic E-state index is 14.1. The lowest BCUT2D eigenvalue weighted by Gasteiger charge is -2.34. The number of fused-ring (bicyclic) bond motifs is 1. The van der Waals surface area contributed by atoms with E-state index < -0.39 is 11.6 Å². The standard InChI is InChI=1S/C23H18F2N4O2/c1-28-11-15(10-26-28)19-13-29(12-14-4-2-3-5-17(14)19)23(30)21-9-22(31-27-21)18-7-6-16(24)8-20(18)25/h2-11,19H,12-13H2,1H3/t19-/m1/s1. The Bertz CT molecular complexity index is 1280. The van der Waals surface area contributed by atoms with Crippen LogP contribution in [0.3, 0.4) is 0 Å². The van der Waals surface area contributed by atoms with Crippen LogP contribution in [-0.4, -0.2) is 32.3 Å². The first kappa shape index (κ1) is 19.2. The van der Waals surface area contributed by atoms with Crippen molar-refractivity contribution < 1.29 is 18.1 Å². The topological polar surface area (TPSA) is 64.2 Å². The minimum Gasteiger partial charge on any atom is -0.355 e. The third kappa shape index (κ3) is 3.50. The number of rotatable bonds is 3. The van der Waals surface area contributed by atoms with Gasteiger partial charge >= 0.3 is 0 Å². The fourth-order valence-electron chi connectivity index (χ4n) is 4.02. The number of halogens is 2. The van der Waals surface area contributed by atoms with Gasteiger partial charge < -0.3 is 9.42 Å². The quantitative estimate of drug-likeness (QED) is 0.500. The average Bonchev–Trinajstić information content (AvgIpc) is 3.42. The number of hydrogen-bond acceptors (Lipinski definition) is 4. The van der Waals surface area contributed by atoms with Gasteiger partial charge in [-0.3, -0.25) is 9.48 Å². The van der Waals surface area contributed by atoms with E-state index in [2.05, 4.69) is 16.3 Å². The van der Waals surface area contributed by atoms with Crippen LogP contribution in [0.25, 0.3) is 11.3 Å². The molecule has 0 fully saturated rings. The van der Waals surface area contributed by atoms with Gasteiger partial charge in [-0.15, -0.1) is 0 Å². The Kier molecular flexibility index (Phi) is 4.62. The summed E-state index contributed by atoms with van der Waals surface area (Å²) in [6.07, 6.45) is 3.75. The number of carbonyl (C=O) groups excluding carboxylic acids is 1. The van der Waals surface area contributed by atoms with Crippen molar-refractivity contribution in [2.24, 2.45) is 7.05 Å². The van der Waals surface area contributed by atoms with Crippen LogP contribution < -0.4 is 0 Å². The highest BCUT2D eigenvalue weighted by Gasteiger charge is 2.31. The summed E-state index contributed by atoms with van der Waals surface area (Å²) in [6.45, 7) is 0.882. The zero-order valence-electron chi connectivity index (χ0n) is 16.6. The lowest BCUT2D eigenvalue weighted by atomic mass is 9.86. The predicted molar refractivity (Wildman–Crippen MR) is 108 cm³/mol. The van der Waals surface area contributed by atoms with Gasteiger partial charge in [-0.2, -0.15) is 5.10 Å². The van der Waals surface area contributed by atoms with E-state index in [0.29, 0.717) is 13.1 Å². The van der Waals surface area contributed by atoms with E-state index in [9.17, 15) is 13.6 Å². The summed E-state index contributed by atoms with van der Waals surface area (Å²) in [7, 11) is 1.85. The molecule has 0 saturated carbocycles. The molecule has 2 aromatic heterocycles. The first-order chi connectivity index (χ1) is 15.0. The third-order valence-electron chi connectivity index (χ3n) is 5.53. The van der Waals surface area contributed by atoms with E-state index in [1.54, 1.807) is 15.8 Å². The number of benzene rings is 2. The fraction of sp³-hybridized carbons (Fsp3) is 0.174. The summed E-state index contributed by atoms with van der Waals surface area (Å²) in [5.41, 5.74) is 3.34. The van der Waals surface area contributed by atoms with Gasteiger partial charge in [-0.1, -0.05) is 29.4 Å². The van der Waals surface area contributed by atoms with E-state index in [1.165, 1.54) is 12.1 Å². The van der Waals surface area contributed by atoms with Crippen LogP contribution in [0.5, 0.6) is 0 Å². The van der Waals surface area contributed by atoms with Crippen molar-refractivity contribution in [3.63, 3.8) is 0 Å². The van der Waals surface area contributed by atoms with Crippen LogP contribution in [0, 0.1) is 11.6 Å². The van der Waals surface area contributed by atoms with E-state index in [0.717, 1.165) is 28.8 Å². The summed E-state index contributed by atoms with van der Waals surface area (Å²) in [5, 5.41) is 8.11. The molecule has 0 bridgehead atoms. The van der Waals surface area contributed by atoms with Gasteiger partial charge in [0, 0.05) is 44.4 Å². The van der Waals surface area contributed by atoms with Crippen molar-refractivity contribution in [2.45, 2.75) is 12.5 Å². The molecular weight excluding hydrogens is 402 g/mol. The molecule has 31 heavy (non-hydrogen) atoms. The Morgan fingerprint density at radius 1 is 1.16 bits per heavy atom. The van der Waals surface area contributed by atoms with Crippen LogP contribution in [0.15, 0.2) is 65.4 Å². The van der Waals surface area contributed by atoms with Gasteiger partial charge in [0.1, 0.15) is 11.6 Å². The van der Waals surface area contributed by atoms with Crippen molar-refractivity contribution in [2.75, 3.05) is 6.54 Å². The minimum absolute atomic E-state index is 0.0245. The minimum atomic E-state index is -0.779. The van der Waals surface area contributed by atoms with Gasteiger partial charge in [0.05, 0.1) is 11.8 Å². The van der Waals surface area contributed by atoms with Gasteiger partial charge in [-0.25, -0.2) is 8.78 Å². The summed E-state index contributed by atoms with van der Waals surface area (Å²) < 4.78 is 34.2. The Labute approximate surface area is 176 Å². The highest BCUT2D eigenvalue weighted by atomic mass is 19.1. The number of aryl methyl sites for hydroxylation is 1. The molecule has 3 heterocycles. The van der Waals surface area contributed by atoms with Crippen LogP contribution in [0.1, 0.15) is 33.1 Å². The molecule has 1 aliphatic rings. The molecule has 0 spiro atoms. The molecule has 0 saturated heterocycles. The van der Waals surface area contributed by atoms with Crippen LogP contribution >= 0.6 is 0 Å². The molecule has 0 aliphatic carbocycles. The second kappa shape index (κ2) is 7.46. The third-order valence-corrected chi connectivity index (χ3v) is 5.53. The molecule has 156 valence electrons. The van der Waals surface area contributed by atoms with Crippen molar-refractivity contribution >= 4 is 5.91 Å². The molecule has 5 rings (SSSR count). The molecule has 8 heteroatoms. The number of hydrogen-bond donors (Lipinski definition) is 0. The summed E-state index contributed by atoms with van der Waals surface area (Å²) >= 11 is 0. The summed E-state index contributed by atoms with van der Waals surface area (Å²) in [6, 6.07) is 12.5. The first-order valence-electron chi connectivity index (χ1n) is 9.77.